The van der Waals surface area contributed by atoms with Gasteiger partial charge in [0, 0.05) is 35.5 Å². The van der Waals surface area contributed by atoms with Crippen LogP contribution >= 0.6 is 11.6 Å². The van der Waals surface area contributed by atoms with E-state index in [0.717, 1.165) is 49.4 Å². The number of fused-ring (bicyclic) bond motifs is 4. The summed E-state index contributed by atoms with van der Waals surface area (Å²) in [7, 11) is -3.99. The van der Waals surface area contributed by atoms with Gasteiger partial charge in [0.2, 0.25) is 15.9 Å². The molecule has 4 aliphatic rings. The molecular formula is C34H42ClN3O5S. The van der Waals surface area contributed by atoms with E-state index in [1.807, 2.05) is 13.0 Å². The molecule has 6 atom stereocenters. The molecule has 8 nitrogen and oxygen atoms in total. The van der Waals surface area contributed by atoms with Gasteiger partial charge >= 0.3 is 0 Å². The van der Waals surface area contributed by atoms with Crippen molar-refractivity contribution in [3.05, 3.63) is 70.3 Å². The van der Waals surface area contributed by atoms with Crippen molar-refractivity contribution < 1.29 is 22.7 Å². The highest BCUT2D eigenvalue weighted by molar-refractivity contribution is 7.90. The predicted octanol–water partition coefficient (Wildman–Crippen LogP) is 5.38. The molecule has 1 spiro atoms. The van der Waals surface area contributed by atoms with Crippen LogP contribution in [0.15, 0.2) is 48.6 Å². The molecule has 2 aliphatic heterocycles. The molecule has 2 heterocycles. The van der Waals surface area contributed by atoms with Crippen molar-refractivity contribution in [3.8, 4) is 5.75 Å². The lowest BCUT2D eigenvalue weighted by Crippen LogP contribution is -2.48. The Labute approximate surface area is 265 Å². The van der Waals surface area contributed by atoms with Gasteiger partial charge in [-0.25, -0.2) is 13.1 Å². The second-order valence-electron chi connectivity index (χ2n) is 13.5. The lowest BCUT2D eigenvalue weighted by Gasteiger charge is -2.44. The van der Waals surface area contributed by atoms with E-state index in [1.165, 1.54) is 11.1 Å². The molecule has 2 aromatic rings. The van der Waals surface area contributed by atoms with Crippen LogP contribution in [0.5, 0.6) is 5.75 Å². The van der Waals surface area contributed by atoms with Gasteiger partial charge < -0.3 is 15.4 Å². The molecule has 2 amide bonds. The van der Waals surface area contributed by atoms with Gasteiger partial charge in [0.1, 0.15) is 5.75 Å². The maximum absolute atomic E-state index is 13.4. The van der Waals surface area contributed by atoms with Crippen molar-refractivity contribution in [2.24, 2.45) is 29.4 Å². The smallest absolute Gasteiger partial charge is 0.264 e. The minimum atomic E-state index is -3.99. The molecule has 0 unspecified atom stereocenters. The summed E-state index contributed by atoms with van der Waals surface area (Å²) >= 11 is 6.40. The van der Waals surface area contributed by atoms with Crippen molar-refractivity contribution >= 4 is 39.1 Å². The second-order valence-corrected chi connectivity index (χ2v) is 16.0. The summed E-state index contributed by atoms with van der Waals surface area (Å²) in [6.45, 7) is 5.44. The summed E-state index contributed by atoms with van der Waals surface area (Å²) in [5.41, 5.74) is 8.94. The number of benzene rings is 2. The number of allylic oxidation sites excluding steroid dienone is 2. The van der Waals surface area contributed by atoms with Crippen LogP contribution in [0.1, 0.15) is 73.9 Å². The number of carbonyl (C=O) groups excluding carboxylic acids is 2. The SMILES string of the molecule is C[C@@H]1[C@@H](C)C[C@H](CC(N)=O)/C=C\[C@@H]2CC[C@H]2CN2C[C@@]3(CCCc4cc(Cl)ccc43)COc3ccc(cc32)C(=O)NS1(=O)=O. The lowest BCUT2D eigenvalue weighted by atomic mass is 9.69. The van der Waals surface area contributed by atoms with Crippen LogP contribution in [0, 0.1) is 23.7 Å². The highest BCUT2D eigenvalue weighted by Crippen LogP contribution is 2.46. The first kappa shape index (κ1) is 31.0. The summed E-state index contributed by atoms with van der Waals surface area (Å²) in [6.07, 6.45) is 10.0. The molecule has 0 radical (unpaired) electrons. The Kier molecular flexibility index (Phi) is 8.48. The Morgan fingerprint density at radius 2 is 1.98 bits per heavy atom. The van der Waals surface area contributed by atoms with E-state index in [-0.39, 0.29) is 29.2 Å². The first-order chi connectivity index (χ1) is 20.9. The highest BCUT2D eigenvalue weighted by Gasteiger charge is 2.43. The number of anilines is 1. The summed E-state index contributed by atoms with van der Waals surface area (Å²) < 4.78 is 35.6. The topological polar surface area (TPSA) is 119 Å². The average molecular weight is 640 g/mol. The van der Waals surface area contributed by atoms with E-state index in [4.69, 9.17) is 22.1 Å². The number of nitrogens with two attached hydrogens (primary N) is 1. The largest absolute Gasteiger partial charge is 0.490 e. The van der Waals surface area contributed by atoms with E-state index < -0.39 is 27.1 Å². The number of nitrogens with zero attached hydrogens (tertiary/aromatic N) is 1. The molecule has 6 rings (SSSR count). The number of amides is 2. The average Bonchev–Trinajstić information content (AvgIpc) is 3.10. The Balaban J connectivity index is 1.41. The third kappa shape index (κ3) is 6.10. The minimum Gasteiger partial charge on any atom is -0.490 e. The summed E-state index contributed by atoms with van der Waals surface area (Å²) in [4.78, 5) is 27.7. The number of nitrogens with one attached hydrogen (secondary N) is 1. The molecule has 1 saturated carbocycles. The van der Waals surface area contributed by atoms with Crippen LogP contribution in [0.25, 0.3) is 0 Å². The number of halogens is 1. The number of ether oxygens (including phenoxy) is 1. The first-order valence-corrected chi connectivity index (χ1v) is 17.7. The molecular weight excluding hydrogens is 598 g/mol. The third-order valence-electron chi connectivity index (χ3n) is 10.5. The molecule has 44 heavy (non-hydrogen) atoms. The van der Waals surface area contributed by atoms with Gasteiger partial charge in [-0.1, -0.05) is 36.7 Å². The van der Waals surface area contributed by atoms with Gasteiger partial charge in [-0.2, -0.15) is 0 Å². The van der Waals surface area contributed by atoms with Crippen LogP contribution in [0.3, 0.4) is 0 Å². The van der Waals surface area contributed by atoms with Crippen LogP contribution in [-0.4, -0.2) is 45.2 Å². The van der Waals surface area contributed by atoms with E-state index in [0.29, 0.717) is 37.2 Å². The van der Waals surface area contributed by atoms with E-state index >= 15 is 0 Å². The van der Waals surface area contributed by atoms with Crippen LogP contribution in [0.2, 0.25) is 5.02 Å². The van der Waals surface area contributed by atoms with Crippen molar-refractivity contribution in [2.45, 2.75) is 69.5 Å². The zero-order valence-electron chi connectivity index (χ0n) is 25.4. The number of carbonyl (C=O) groups is 2. The highest BCUT2D eigenvalue weighted by atomic mass is 35.5. The predicted molar refractivity (Wildman–Crippen MR) is 173 cm³/mol. The van der Waals surface area contributed by atoms with Crippen LogP contribution < -0.4 is 20.1 Å². The molecule has 10 heteroatoms. The fourth-order valence-corrected chi connectivity index (χ4v) is 9.14. The zero-order chi connectivity index (χ0) is 31.2. The third-order valence-corrected chi connectivity index (χ3v) is 12.7. The Morgan fingerprint density at radius 3 is 2.73 bits per heavy atom. The summed E-state index contributed by atoms with van der Waals surface area (Å²) in [6, 6.07) is 11.4. The van der Waals surface area contributed by atoms with Gasteiger partial charge in [-0.15, -0.1) is 0 Å². The lowest BCUT2D eigenvalue weighted by molar-refractivity contribution is -0.118. The molecule has 2 aliphatic carbocycles. The maximum atomic E-state index is 13.4. The van der Waals surface area contributed by atoms with Gasteiger partial charge in [-0.3, -0.25) is 9.59 Å². The molecule has 0 aromatic heterocycles. The van der Waals surface area contributed by atoms with E-state index in [1.54, 1.807) is 25.1 Å². The monoisotopic (exact) mass is 639 g/mol. The van der Waals surface area contributed by atoms with Crippen LogP contribution in [-0.2, 0) is 26.7 Å². The van der Waals surface area contributed by atoms with Gasteiger partial charge in [0.25, 0.3) is 5.91 Å². The van der Waals surface area contributed by atoms with Crippen molar-refractivity contribution in [2.75, 3.05) is 24.6 Å². The quantitative estimate of drug-likeness (QED) is 0.426. The molecule has 0 saturated heterocycles. The Morgan fingerprint density at radius 1 is 1.16 bits per heavy atom. The normalized spacial score (nSPS) is 32.2. The number of aryl methyl sites for hydroxylation is 1. The second kappa shape index (κ2) is 12.0. The Hall–Kier alpha value is -3.04. The molecule has 1 fully saturated rings. The van der Waals surface area contributed by atoms with Crippen molar-refractivity contribution in [1.82, 2.24) is 4.72 Å². The zero-order valence-corrected chi connectivity index (χ0v) is 27.0. The standard InChI is InChI=1S/C34H42ClN3O5S/c1-21-14-23(15-32(36)39)5-6-24-7-8-27(24)18-38-19-34(13-3-4-25-16-28(35)10-11-29(25)34)20-43-31-12-9-26(17-30(31)38)33(40)37-44(41,42)22(21)2/h5-6,9-12,16-17,21-24,27H,3-4,7-8,13-15,18-20H2,1-2H3,(H2,36,39)(H,37,40)/b6-5-/t21-,22+,23+,24+,27-,34-/m0/s1. The number of rotatable bonds is 2. The summed E-state index contributed by atoms with van der Waals surface area (Å²) in [5, 5.41) is -0.114. The van der Waals surface area contributed by atoms with Gasteiger partial charge in [0.05, 0.1) is 17.5 Å². The number of primary amides is 1. The van der Waals surface area contributed by atoms with Gasteiger partial charge in [-0.05, 0) is 111 Å². The van der Waals surface area contributed by atoms with E-state index in [2.05, 4.69) is 33.9 Å². The fraction of sp³-hybridized carbons (Fsp3) is 0.529. The number of hydrogen-bond acceptors (Lipinski definition) is 6. The molecule has 3 N–H and O–H groups in total. The van der Waals surface area contributed by atoms with Crippen molar-refractivity contribution in [3.63, 3.8) is 0 Å². The van der Waals surface area contributed by atoms with Crippen molar-refractivity contribution in [1.29, 1.82) is 0 Å². The van der Waals surface area contributed by atoms with Gasteiger partial charge in [0.15, 0.2) is 0 Å². The number of hydrogen-bond donors (Lipinski definition) is 2. The van der Waals surface area contributed by atoms with E-state index in [9.17, 15) is 18.0 Å². The summed E-state index contributed by atoms with van der Waals surface area (Å²) in [5.74, 6) is -0.139. The molecule has 2 aromatic carbocycles. The molecule has 236 valence electrons. The fourth-order valence-electron chi connectivity index (χ4n) is 7.66. The first-order valence-electron chi connectivity index (χ1n) is 15.8. The Bertz CT molecular complexity index is 1590. The molecule has 2 bridgehead atoms. The minimum absolute atomic E-state index is 0.153. The maximum Gasteiger partial charge on any atom is 0.264 e. The number of sulfonamides is 1. The van der Waals surface area contributed by atoms with Crippen LogP contribution in [0.4, 0.5) is 5.69 Å².